The van der Waals surface area contributed by atoms with E-state index < -0.39 is 0 Å². The largest absolute Gasteiger partial charge is 0.373 e. The van der Waals surface area contributed by atoms with Gasteiger partial charge < -0.3 is 14.2 Å². The normalized spacial score (nSPS) is 37.8. The van der Waals surface area contributed by atoms with Gasteiger partial charge in [0.05, 0.1) is 30.0 Å². The molecule has 2 fully saturated rings. The van der Waals surface area contributed by atoms with E-state index in [1.165, 1.54) is 5.57 Å². The molecule has 2 bridgehead atoms. The molecular formula is C17H30O3. The molecule has 0 N–H and O–H groups in total. The molecule has 0 amide bonds. The van der Waals surface area contributed by atoms with Crippen molar-refractivity contribution in [2.75, 3.05) is 6.61 Å². The number of fused-ring (bicyclic) bond motifs is 2. The number of hydrogen-bond acceptors (Lipinski definition) is 3. The highest BCUT2D eigenvalue weighted by atomic mass is 16.6. The van der Waals surface area contributed by atoms with Gasteiger partial charge in [0.1, 0.15) is 5.60 Å². The van der Waals surface area contributed by atoms with Crippen molar-refractivity contribution < 1.29 is 14.2 Å². The first-order valence-corrected chi connectivity index (χ1v) is 7.61. The third kappa shape index (κ3) is 3.10. The maximum Gasteiger partial charge on any atom is 0.122 e. The summed E-state index contributed by atoms with van der Waals surface area (Å²) in [5, 5.41) is 0. The lowest BCUT2D eigenvalue weighted by molar-refractivity contribution is -0.177. The SMILES string of the molecule is C=C1C[C@@]2(COC(C)(C)C)O[C@@H](C)C1[C@H]2OC(C)(C)C. The van der Waals surface area contributed by atoms with Gasteiger partial charge in [-0.15, -0.1) is 0 Å². The Morgan fingerprint density at radius 2 is 1.80 bits per heavy atom. The van der Waals surface area contributed by atoms with Crippen LogP contribution in [0.2, 0.25) is 0 Å². The summed E-state index contributed by atoms with van der Waals surface area (Å²) >= 11 is 0. The second kappa shape index (κ2) is 4.82. The van der Waals surface area contributed by atoms with Crippen LogP contribution in [0.5, 0.6) is 0 Å². The second-order valence-corrected chi connectivity index (χ2v) is 8.30. The van der Waals surface area contributed by atoms with E-state index in [1.807, 2.05) is 0 Å². The number of ether oxygens (including phenoxy) is 3. The Balaban J connectivity index is 2.21. The van der Waals surface area contributed by atoms with Crippen molar-refractivity contribution in [3.05, 3.63) is 12.2 Å². The minimum Gasteiger partial charge on any atom is -0.373 e. The third-order valence-electron chi connectivity index (χ3n) is 4.00. The van der Waals surface area contributed by atoms with Crippen molar-refractivity contribution in [3.63, 3.8) is 0 Å². The van der Waals surface area contributed by atoms with E-state index in [0.29, 0.717) is 6.61 Å². The molecule has 3 heteroatoms. The van der Waals surface area contributed by atoms with Crippen molar-refractivity contribution in [2.24, 2.45) is 5.92 Å². The lowest BCUT2D eigenvalue weighted by Crippen LogP contribution is -2.47. The molecule has 1 saturated carbocycles. The smallest absolute Gasteiger partial charge is 0.122 e. The molecule has 1 aliphatic heterocycles. The summed E-state index contributed by atoms with van der Waals surface area (Å²) in [6, 6.07) is 0. The standard InChI is InChI=1S/C17H30O3/c1-11-9-17(10-18-15(3,4)5)14(20-16(6,7)8)13(11)12(2)19-17/h12-14H,1,9-10H2,2-8H3/t12-,13?,14+,17-/m0/s1. The highest BCUT2D eigenvalue weighted by molar-refractivity contribution is 5.26. The first-order chi connectivity index (χ1) is 8.94. The van der Waals surface area contributed by atoms with Crippen molar-refractivity contribution in [1.29, 1.82) is 0 Å². The van der Waals surface area contributed by atoms with Crippen molar-refractivity contribution in [3.8, 4) is 0 Å². The highest BCUT2D eigenvalue weighted by Gasteiger charge is 2.62. The monoisotopic (exact) mass is 282 g/mol. The molecule has 0 aromatic heterocycles. The van der Waals surface area contributed by atoms with Crippen LogP contribution in [-0.2, 0) is 14.2 Å². The molecule has 20 heavy (non-hydrogen) atoms. The van der Waals surface area contributed by atoms with Crippen LogP contribution >= 0.6 is 0 Å². The first kappa shape index (κ1) is 16.0. The second-order valence-electron chi connectivity index (χ2n) is 8.30. The van der Waals surface area contributed by atoms with Gasteiger partial charge in [-0.2, -0.15) is 0 Å². The fourth-order valence-corrected chi connectivity index (χ4v) is 3.34. The van der Waals surface area contributed by atoms with Gasteiger partial charge in [-0.3, -0.25) is 0 Å². The molecule has 3 nitrogen and oxygen atoms in total. The van der Waals surface area contributed by atoms with Crippen LogP contribution in [0.15, 0.2) is 12.2 Å². The highest BCUT2D eigenvalue weighted by Crippen LogP contribution is 2.53. The fourth-order valence-electron chi connectivity index (χ4n) is 3.34. The van der Waals surface area contributed by atoms with E-state index in [2.05, 4.69) is 55.0 Å². The zero-order chi connectivity index (χ0) is 15.3. The molecular weight excluding hydrogens is 252 g/mol. The predicted molar refractivity (Wildman–Crippen MR) is 80.9 cm³/mol. The number of hydrogen-bond donors (Lipinski definition) is 0. The van der Waals surface area contributed by atoms with Crippen molar-refractivity contribution in [2.45, 2.75) is 83.9 Å². The molecule has 4 atom stereocenters. The van der Waals surface area contributed by atoms with E-state index >= 15 is 0 Å². The predicted octanol–water partition coefficient (Wildman–Crippen LogP) is 3.72. The Labute approximate surface area is 123 Å². The molecule has 1 unspecified atom stereocenters. The Morgan fingerprint density at radius 1 is 1.20 bits per heavy atom. The topological polar surface area (TPSA) is 27.7 Å². The van der Waals surface area contributed by atoms with E-state index in [0.717, 1.165) is 6.42 Å². The quantitative estimate of drug-likeness (QED) is 0.738. The van der Waals surface area contributed by atoms with Crippen molar-refractivity contribution >= 4 is 0 Å². The van der Waals surface area contributed by atoms with Crippen LogP contribution < -0.4 is 0 Å². The van der Waals surface area contributed by atoms with Gasteiger partial charge >= 0.3 is 0 Å². The Bertz CT molecular complexity index is 388. The summed E-state index contributed by atoms with van der Waals surface area (Å²) in [4.78, 5) is 0. The summed E-state index contributed by atoms with van der Waals surface area (Å²) in [6.45, 7) is 19.4. The van der Waals surface area contributed by atoms with Gasteiger partial charge in [0.2, 0.25) is 0 Å². The first-order valence-electron chi connectivity index (χ1n) is 7.61. The average Bonchev–Trinajstić information content (AvgIpc) is 2.59. The van der Waals surface area contributed by atoms with Gasteiger partial charge in [-0.05, 0) is 48.5 Å². The fraction of sp³-hybridized carbons (Fsp3) is 0.882. The average molecular weight is 282 g/mol. The lowest BCUT2D eigenvalue weighted by atomic mass is 9.96. The molecule has 1 heterocycles. The summed E-state index contributed by atoms with van der Waals surface area (Å²) < 4.78 is 18.6. The summed E-state index contributed by atoms with van der Waals surface area (Å²) in [5.74, 6) is 0.290. The number of rotatable bonds is 3. The molecule has 0 spiro atoms. The van der Waals surface area contributed by atoms with Crippen LogP contribution in [0.4, 0.5) is 0 Å². The van der Waals surface area contributed by atoms with E-state index in [1.54, 1.807) is 0 Å². The van der Waals surface area contributed by atoms with Crippen LogP contribution in [0.3, 0.4) is 0 Å². The van der Waals surface area contributed by atoms with Gasteiger partial charge in [0.25, 0.3) is 0 Å². The minimum absolute atomic E-state index is 0.0485. The zero-order valence-electron chi connectivity index (χ0n) is 14.1. The summed E-state index contributed by atoms with van der Waals surface area (Å²) in [6.07, 6.45) is 1.05. The van der Waals surface area contributed by atoms with E-state index in [-0.39, 0.29) is 34.9 Å². The molecule has 0 aromatic rings. The summed E-state index contributed by atoms with van der Waals surface area (Å²) in [7, 11) is 0. The van der Waals surface area contributed by atoms with Crippen LogP contribution in [-0.4, -0.2) is 35.6 Å². The molecule has 0 aromatic carbocycles. The van der Waals surface area contributed by atoms with Gasteiger partial charge in [-0.1, -0.05) is 12.2 Å². The lowest BCUT2D eigenvalue weighted by Gasteiger charge is -2.36. The van der Waals surface area contributed by atoms with E-state index in [4.69, 9.17) is 14.2 Å². The zero-order valence-corrected chi connectivity index (χ0v) is 14.1. The Kier molecular flexibility index (Phi) is 3.86. The maximum atomic E-state index is 6.33. The molecule has 1 aliphatic carbocycles. The van der Waals surface area contributed by atoms with Gasteiger partial charge in [-0.25, -0.2) is 0 Å². The minimum atomic E-state index is -0.359. The van der Waals surface area contributed by atoms with Crippen LogP contribution in [0, 0.1) is 5.92 Å². The molecule has 116 valence electrons. The van der Waals surface area contributed by atoms with Crippen molar-refractivity contribution in [1.82, 2.24) is 0 Å². The Morgan fingerprint density at radius 3 is 2.25 bits per heavy atom. The summed E-state index contributed by atoms with van der Waals surface area (Å²) in [5.41, 5.74) is 0.529. The molecule has 0 radical (unpaired) electrons. The molecule has 2 aliphatic rings. The third-order valence-corrected chi connectivity index (χ3v) is 4.00. The molecule has 2 rings (SSSR count). The molecule has 1 saturated heterocycles. The van der Waals surface area contributed by atoms with Gasteiger partial charge in [0.15, 0.2) is 0 Å². The van der Waals surface area contributed by atoms with E-state index in [9.17, 15) is 0 Å². The van der Waals surface area contributed by atoms with Crippen LogP contribution in [0.1, 0.15) is 54.9 Å². The maximum absolute atomic E-state index is 6.33. The van der Waals surface area contributed by atoms with Crippen LogP contribution in [0.25, 0.3) is 0 Å². The van der Waals surface area contributed by atoms with Gasteiger partial charge in [0, 0.05) is 12.3 Å². The Hall–Kier alpha value is -0.380.